The van der Waals surface area contributed by atoms with Crippen molar-refractivity contribution in [3.8, 4) is 0 Å². The van der Waals surface area contributed by atoms with E-state index in [0.29, 0.717) is 5.92 Å². The molecule has 12 heavy (non-hydrogen) atoms. The minimum absolute atomic E-state index is 0.638. The molecule has 0 bridgehead atoms. The molecule has 1 aromatic rings. The van der Waals surface area contributed by atoms with Gasteiger partial charge in [-0.15, -0.1) is 0 Å². The predicted octanol–water partition coefficient (Wildman–Crippen LogP) is 4.73. The third-order valence-electron chi connectivity index (χ3n) is 2.07. The van der Waals surface area contributed by atoms with Crippen LogP contribution in [-0.2, 0) is 0 Å². The third-order valence-corrected chi connectivity index (χ3v) is 2.98. The highest BCUT2D eigenvalue weighted by Crippen LogP contribution is 2.26. The first-order valence-electron chi connectivity index (χ1n) is 4.09. The Kier molecular flexibility index (Phi) is 3.78. The minimum atomic E-state index is 0.638. The highest BCUT2D eigenvalue weighted by atomic mass is 79.9. The number of hydrogen-bond acceptors (Lipinski definition) is 0. The van der Waals surface area contributed by atoms with E-state index in [1.807, 2.05) is 0 Å². The Labute approximate surface area is 90.6 Å². The monoisotopic (exact) mass is 290 g/mol. The van der Waals surface area contributed by atoms with Gasteiger partial charge in [0.05, 0.1) is 0 Å². The van der Waals surface area contributed by atoms with Gasteiger partial charge in [0, 0.05) is 8.95 Å². The molecule has 0 nitrogen and oxygen atoms in total. The lowest BCUT2D eigenvalue weighted by Crippen LogP contribution is -1.90. The lowest BCUT2D eigenvalue weighted by molar-refractivity contribution is 0.732. The predicted molar refractivity (Wildman–Crippen MR) is 60.5 cm³/mol. The molecule has 1 aromatic carbocycles. The van der Waals surface area contributed by atoms with Crippen molar-refractivity contribution in [2.45, 2.75) is 26.2 Å². The number of benzene rings is 1. The maximum Gasteiger partial charge on any atom is 0.0189 e. The number of hydrogen-bond donors (Lipinski definition) is 0. The summed E-state index contributed by atoms with van der Waals surface area (Å²) in [6.45, 7) is 4.45. The Morgan fingerprint density at radius 3 is 2.08 bits per heavy atom. The minimum Gasteiger partial charge on any atom is -0.0648 e. The van der Waals surface area contributed by atoms with E-state index in [1.165, 1.54) is 12.0 Å². The highest BCUT2D eigenvalue weighted by Gasteiger charge is 2.04. The van der Waals surface area contributed by atoms with Crippen molar-refractivity contribution in [2.24, 2.45) is 0 Å². The topological polar surface area (TPSA) is 0 Å². The second-order valence-electron chi connectivity index (χ2n) is 3.01. The molecule has 1 unspecified atom stereocenters. The van der Waals surface area contributed by atoms with Gasteiger partial charge < -0.3 is 0 Å². The van der Waals surface area contributed by atoms with Gasteiger partial charge in [-0.25, -0.2) is 0 Å². The van der Waals surface area contributed by atoms with E-state index in [4.69, 9.17) is 0 Å². The Bertz CT molecular complexity index is 248. The normalized spacial score (nSPS) is 13.0. The summed E-state index contributed by atoms with van der Waals surface area (Å²) in [5, 5.41) is 0. The van der Waals surface area contributed by atoms with Gasteiger partial charge in [-0.2, -0.15) is 0 Å². The molecule has 0 N–H and O–H groups in total. The van der Waals surface area contributed by atoms with Crippen molar-refractivity contribution < 1.29 is 0 Å². The van der Waals surface area contributed by atoms with Crippen LogP contribution in [0.1, 0.15) is 31.7 Å². The molecular weight excluding hydrogens is 280 g/mol. The summed E-state index contributed by atoms with van der Waals surface area (Å²) >= 11 is 6.96. The fourth-order valence-electron chi connectivity index (χ4n) is 1.10. The van der Waals surface area contributed by atoms with Crippen LogP contribution >= 0.6 is 31.9 Å². The van der Waals surface area contributed by atoms with E-state index in [0.717, 1.165) is 8.95 Å². The van der Waals surface area contributed by atoms with Gasteiger partial charge in [-0.05, 0) is 36.1 Å². The summed E-state index contributed by atoms with van der Waals surface area (Å²) in [6, 6.07) is 6.42. The Morgan fingerprint density at radius 2 is 1.67 bits per heavy atom. The van der Waals surface area contributed by atoms with Crippen LogP contribution in [0, 0.1) is 0 Å². The molecule has 1 rings (SSSR count). The van der Waals surface area contributed by atoms with Gasteiger partial charge in [0.1, 0.15) is 0 Å². The molecule has 0 fully saturated rings. The molecule has 0 saturated heterocycles. The number of rotatable bonds is 2. The summed E-state index contributed by atoms with van der Waals surface area (Å²) in [5.41, 5.74) is 1.39. The molecule has 0 amide bonds. The third kappa shape index (κ3) is 2.60. The van der Waals surface area contributed by atoms with E-state index < -0.39 is 0 Å². The van der Waals surface area contributed by atoms with Crippen LogP contribution < -0.4 is 0 Å². The molecule has 0 heterocycles. The van der Waals surface area contributed by atoms with Crippen LogP contribution in [0.2, 0.25) is 0 Å². The summed E-state index contributed by atoms with van der Waals surface area (Å²) in [4.78, 5) is 0. The molecule has 2 heteroatoms. The van der Waals surface area contributed by atoms with Gasteiger partial charge in [0.2, 0.25) is 0 Å². The standard InChI is InChI=1S/C10H12Br2/c1-3-7(2)8-4-9(11)6-10(12)5-8/h4-7H,3H2,1-2H3. The Hall–Kier alpha value is 0.180. The van der Waals surface area contributed by atoms with E-state index in [2.05, 4.69) is 63.9 Å². The lowest BCUT2D eigenvalue weighted by Gasteiger charge is -2.09. The first-order chi connectivity index (χ1) is 5.63. The Morgan fingerprint density at radius 1 is 1.17 bits per heavy atom. The van der Waals surface area contributed by atoms with Crippen LogP contribution in [0.5, 0.6) is 0 Å². The van der Waals surface area contributed by atoms with Crippen molar-refractivity contribution in [2.75, 3.05) is 0 Å². The van der Waals surface area contributed by atoms with Crippen molar-refractivity contribution in [3.05, 3.63) is 32.7 Å². The molecule has 1 atom stereocenters. The van der Waals surface area contributed by atoms with Crippen molar-refractivity contribution in [3.63, 3.8) is 0 Å². The summed E-state index contributed by atoms with van der Waals surface area (Å²) in [7, 11) is 0. The van der Waals surface area contributed by atoms with Crippen molar-refractivity contribution in [1.29, 1.82) is 0 Å². The van der Waals surface area contributed by atoms with E-state index in [9.17, 15) is 0 Å². The highest BCUT2D eigenvalue weighted by molar-refractivity contribution is 9.11. The molecule has 0 aliphatic rings. The van der Waals surface area contributed by atoms with Crippen LogP contribution in [0.3, 0.4) is 0 Å². The SMILES string of the molecule is CCC(C)c1cc(Br)cc(Br)c1. The van der Waals surface area contributed by atoms with Crippen LogP contribution in [-0.4, -0.2) is 0 Å². The molecular formula is C10H12Br2. The largest absolute Gasteiger partial charge is 0.0648 e. The van der Waals surface area contributed by atoms with Gasteiger partial charge in [0.25, 0.3) is 0 Å². The molecule has 0 aliphatic heterocycles. The van der Waals surface area contributed by atoms with E-state index >= 15 is 0 Å². The fraction of sp³-hybridized carbons (Fsp3) is 0.400. The molecule has 0 spiro atoms. The smallest absolute Gasteiger partial charge is 0.0189 e. The average molecular weight is 292 g/mol. The zero-order valence-corrected chi connectivity index (χ0v) is 10.4. The van der Waals surface area contributed by atoms with Crippen LogP contribution in [0.15, 0.2) is 27.1 Å². The van der Waals surface area contributed by atoms with E-state index in [1.54, 1.807) is 0 Å². The summed E-state index contributed by atoms with van der Waals surface area (Å²) in [6.07, 6.45) is 1.18. The first-order valence-corrected chi connectivity index (χ1v) is 5.68. The molecule has 0 aliphatic carbocycles. The molecule has 0 aromatic heterocycles. The van der Waals surface area contributed by atoms with Gasteiger partial charge >= 0.3 is 0 Å². The number of halogens is 2. The van der Waals surface area contributed by atoms with Gasteiger partial charge in [-0.1, -0.05) is 45.7 Å². The maximum absolute atomic E-state index is 3.48. The zero-order chi connectivity index (χ0) is 9.14. The second-order valence-corrected chi connectivity index (χ2v) is 4.84. The quantitative estimate of drug-likeness (QED) is 0.739. The van der Waals surface area contributed by atoms with Crippen molar-refractivity contribution in [1.82, 2.24) is 0 Å². The van der Waals surface area contributed by atoms with E-state index in [-0.39, 0.29) is 0 Å². The summed E-state index contributed by atoms with van der Waals surface area (Å²) < 4.78 is 2.29. The summed E-state index contributed by atoms with van der Waals surface area (Å²) in [5.74, 6) is 0.638. The second kappa shape index (κ2) is 4.43. The fourth-order valence-corrected chi connectivity index (χ4v) is 2.42. The molecule has 0 saturated carbocycles. The first kappa shape index (κ1) is 10.3. The maximum atomic E-state index is 3.48. The average Bonchev–Trinajstić information content (AvgIpc) is 2.01. The van der Waals surface area contributed by atoms with Gasteiger partial charge in [0.15, 0.2) is 0 Å². The van der Waals surface area contributed by atoms with Gasteiger partial charge in [-0.3, -0.25) is 0 Å². The zero-order valence-electron chi connectivity index (χ0n) is 7.27. The lowest BCUT2D eigenvalue weighted by atomic mass is 9.99. The molecule has 0 radical (unpaired) electrons. The van der Waals surface area contributed by atoms with Crippen LogP contribution in [0.25, 0.3) is 0 Å². The molecule has 66 valence electrons. The Balaban J connectivity index is 3.00. The van der Waals surface area contributed by atoms with Crippen LogP contribution in [0.4, 0.5) is 0 Å². The van der Waals surface area contributed by atoms with Crippen molar-refractivity contribution >= 4 is 31.9 Å².